The molecule has 0 spiro atoms. The summed E-state index contributed by atoms with van der Waals surface area (Å²) in [6, 6.07) is 13.7. The second-order valence-electron chi connectivity index (χ2n) is 7.92. The zero-order valence-electron chi connectivity index (χ0n) is 18.1. The summed E-state index contributed by atoms with van der Waals surface area (Å²) in [4.78, 5) is 19.3. The highest BCUT2D eigenvalue weighted by molar-refractivity contribution is 8.00. The van der Waals surface area contributed by atoms with Crippen molar-refractivity contribution in [3.63, 3.8) is 0 Å². The lowest BCUT2D eigenvalue weighted by Crippen LogP contribution is -2.30. The summed E-state index contributed by atoms with van der Waals surface area (Å²) in [7, 11) is 0. The molecule has 4 rings (SSSR count). The molecule has 1 aliphatic rings. The quantitative estimate of drug-likeness (QED) is 0.489. The number of aromatic nitrogens is 4. The van der Waals surface area contributed by atoms with E-state index in [2.05, 4.69) is 42.1 Å². The zero-order valence-corrected chi connectivity index (χ0v) is 19.6. The summed E-state index contributed by atoms with van der Waals surface area (Å²) in [6.07, 6.45) is 5.26. The molecule has 3 heterocycles. The average Bonchev–Trinajstić information content (AvgIpc) is 3.17. The summed E-state index contributed by atoms with van der Waals surface area (Å²) >= 11 is 7.28. The lowest BCUT2D eigenvalue weighted by atomic mass is 10.1. The number of anilines is 1. The van der Waals surface area contributed by atoms with E-state index in [0.717, 1.165) is 30.6 Å². The van der Waals surface area contributed by atoms with Crippen molar-refractivity contribution in [1.29, 1.82) is 0 Å². The summed E-state index contributed by atoms with van der Waals surface area (Å²) in [5, 5.41) is 12.7. The Kier molecular flexibility index (Phi) is 7.78. The molecule has 9 heteroatoms. The van der Waals surface area contributed by atoms with E-state index >= 15 is 0 Å². The van der Waals surface area contributed by atoms with Gasteiger partial charge in [0.2, 0.25) is 5.91 Å². The Morgan fingerprint density at radius 2 is 1.88 bits per heavy atom. The van der Waals surface area contributed by atoms with Gasteiger partial charge in [0, 0.05) is 6.20 Å². The minimum Gasteiger partial charge on any atom is -0.310 e. The Hall–Kier alpha value is -2.42. The number of nitrogens with one attached hydrogen (secondary N) is 1. The molecule has 3 aromatic rings. The Morgan fingerprint density at radius 1 is 1.09 bits per heavy atom. The Morgan fingerprint density at radius 3 is 2.59 bits per heavy atom. The standard InChI is InChI=1S/C23H27ClN6OS/c1-17(22(31)26-20-11-10-19(24)14-25-20)32-23-28-27-21(16-29-12-6-3-7-13-29)30(23)15-18-8-4-2-5-9-18/h2,4-5,8-11,14,17H,3,6-7,12-13,15-16H2,1H3,(H,25,26,31)/t17-/m0/s1. The van der Waals surface area contributed by atoms with Crippen LogP contribution in [0.1, 0.15) is 37.6 Å². The number of amides is 1. The van der Waals surface area contributed by atoms with Crippen molar-refractivity contribution in [3.8, 4) is 0 Å². The molecule has 168 valence electrons. The van der Waals surface area contributed by atoms with Crippen LogP contribution in [0.25, 0.3) is 0 Å². The predicted molar refractivity (Wildman–Crippen MR) is 128 cm³/mol. The Labute approximate surface area is 197 Å². The van der Waals surface area contributed by atoms with Gasteiger partial charge in [-0.25, -0.2) is 4.98 Å². The van der Waals surface area contributed by atoms with Gasteiger partial charge in [-0.1, -0.05) is 60.1 Å². The van der Waals surface area contributed by atoms with Crippen LogP contribution in [0.4, 0.5) is 5.82 Å². The number of carbonyl (C=O) groups is 1. The van der Waals surface area contributed by atoms with E-state index in [1.807, 2.05) is 25.1 Å². The van der Waals surface area contributed by atoms with Gasteiger partial charge in [0.05, 0.1) is 23.4 Å². The van der Waals surface area contributed by atoms with Crippen LogP contribution in [0.3, 0.4) is 0 Å². The number of carbonyl (C=O) groups excluding carboxylic acids is 1. The Balaban J connectivity index is 1.49. The highest BCUT2D eigenvalue weighted by Crippen LogP contribution is 2.25. The first-order valence-electron chi connectivity index (χ1n) is 10.9. The molecule has 0 bridgehead atoms. The number of thioether (sulfide) groups is 1. The van der Waals surface area contributed by atoms with Gasteiger partial charge in [-0.15, -0.1) is 10.2 Å². The van der Waals surface area contributed by atoms with Gasteiger partial charge < -0.3 is 9.88 Å². The molecule has 2 aromatic heterocycles. The van der Waals surface area contributed by atoms with Crippen LogP contribution < -0.4 is 5.32 Å². The fourth-order valence-corrected chi connectivity index (χ4v) is 4.63. The van der Waals surface area contributed by atoms with E-state index in [9.17, 15) is 4.79 Å². The first-order chi connectivity index (χ1) is 15.6. The van der Waals surface area contributed by atoms with Crippen molar-refractivity contribution < 1.29 is 4.79 Å². The van der Waals surface area contributed by atoms with E-state index in [-0.39, 0.29) is 11.2 Å². The van der Waals surface area contributed by atoms with Crippen molar-refractivity contribution in [2.75, 3.05) is 18.4 Å². The van der Waals surface area contributed by atoms with Gasteiger partial charge in [-0.2, -0.15) is 0 Å². The van der Waals surface area contributed by atoms with Crippen LogP contribution >= 0.6 is 23.4 Å². The number of nitrogens with zero attached hydrogens (tertiary/aromatic N) is 5. The summed E-state index contributed by atoms with van der Waals surface area (Å²) in [5.74, 6) is 1.27. The molecule has 1 aliphatic heterocycles. The highest BCUT2D eigenvalue weighted by atomic mass is 35.5. The van der Waals surface area contributed by atoms with E-state index in [4.69, 9.17) is 11.6 Å². The van der Waals surface area contributed by atoms with Crippen molar-refractivity contribution in [1.82, 2.24) is 24.6 Å². The molecule has 1 aromatic carbocycles. The third-order valence-corrected chi connectivity index (χ3v) is 6.72. The SMILES string of the molecule is C[C@H](Sc1nnc(CN2CCCCC2)n1Cc1ccccc1)C(=O)Nc1ccc(Cl)cn1. The fraction of sp³-hybridized carbons (Fsp3) is 0.391. The number of benzene rings is 1. The van der Waals surface area contributed by atoms with E-state index in [1.165, 1.54) is 42.8 Å². The normalized spacial score (nSPS) is 15.4. The van der Waals surface area contributed by atoms with Crippen molar-refractivity contribution >= 4 is 35.1 Å². The molecule has 0 radical (unpaired) electrons. The number of hydrogen-bond acceptors (Lipinski definition) is 6. The molecule has 7 nitrogen and oxygen atoms in total. The van der Waals surface area contributed by atoms with Crippen LogP contribution in [0.5, 0.6) is 0 Å². The van der Waals surface area contributed by atoms with Crippen molar-refractivity contribution in [2.45, 2.75) is 49.7 Å². The molecule has 32 heavy (non-hydrogen) atoms. The maximum atomic E-state index is 12.7. The lowest BCUT2D eigenvalue weighted by molar-refractivity contribution is -0.115. The van der Waals surface area contributed by atoms with E-state index < -0.39 is 0 Å². The maximum absolute atomic E-state index is 12.7. The van der Waals surface area contributed by atoms with Crippen LogP contribution in [-0.2, 0) is 17.9 Å². The molecule has 0 aliphatic carbocycles. The first-order valence-corrected chi connectivity index (χ1v) is 12.1. The van der Waals surface area contributed by atoms with Crippen LogP contribution in [-0.4, -0.2) is 48.9 Å². The lowest BCUT2D eigenvalue weighted by Gasteiger charge is -2.26. The summed E-state index contributed by atoms with van der Waals surface area (Å²) < 4.78 is 2.14. The van der Waals surface area contributed by atoms with Gasteiger partial charge in [0.25, 0.3) is 0 Å². The monoisotopic (exact) mass is 470 g/mol. The number of piperidine rings is 1. The maximum Gasteiger partial charge on any atom is 0.238 e. The van der Waals surface area contributed by atoms with Crippen molar-refractivity contribution in [2.24, 2.45) is 0 Å². The molecule has 1 atom stereocenters. The summed E-state index contributed by atoms with van der Waals surface area (Å²) in [5.41, 5.74) is 1.18. The fourth-order valence-electron chi connectivity index (χ4n) is 3.65. The number of rotatable bonds is 8. The topological polar surface area (TPSA) is 75.9 Å². The van der Waals surface area contributed by atoms with Gasteiger partial charge in [-0.3, -0.25) is 9.69 Å². The van der Waals surface area contributed by atoms with Gasteiger partial charge in [-0.05, 0) is 50.6 Å². The zero-order chi connectivity index (χ0) is 22.3. The summed E-state index contributed by atoms with van der Waals surface area (Å²) in [6.45, 7) is 5.49. The molecule has 1 fully saturated rings. The van der Waals surface area contributed by atoms with Crippen LogP contribution in [0, 0.1) is 0 Å². The van der Waals surface area contributed by atoms with E-state index in [1.54, 1.807) is 12.1 Å². The minimum absolute atomic E-state index is 0.142. The number of pyridine rings is 1. The molecule has 0 unspecified atom stereocenters. The largest absolute Gasteiger partial charge is 0.310 e. The van der Waals surface area contributed by atoms with Crippen molar-refractivity contribution in [3.05, 3.63) is 65.1 Å². The number of likely N-dealkylation sites (tertiary alicyclic amines) is 1. The number of hydrogen-bond donors (Lipinski definition) is 1. The predicted octanol–water partition coefficient (Wildman–Crippen LogP) is 4.48. The van der Waals surface area contributed by atoms with Crippen LogP contribution in [0.2, 0.25) is 5.02 Å². The van der Waals surface area contributed by atoms with Gasteiger partial charge >= 0.3 is 0 Å². The van der Waals surface area contributed by atoms with E-state index in [0.29, 0.717) is 17.4 Å². The average molecular weight is 471 g/mol. The third kappa shape index (κ3) is 6.09. The molecule has 1 saturated heterocycles. The molecular weight excluding hydrogens is 444 g/mol. The molecular formula is C23H27ClN6OS. The molecule has 0 saturated carbocycles. The second kappa shape index (κ2) is 10.9. The van der Waals surface area contributed by atoms with Gasteiger partial charge in [0.1, 0.15) is 11.6 Å². The minimum atomic E-state index is -0.367. The number of halogens is 1. The highest BCUT2D eigenvalue weighted by Gasteiger charge is 2.22. The Bertz CT molecular complexity index is 1020. The van der Waals surface area contributed by atoms with Crippen LogP contribution in [0.15, 0.2) is 53.8 Å². The smallest absolute Gasteiger partial charge is 0.238 e. The molecule has 1 N–H and O–H groups in total. The second-order valence-corrected chi connectivity index (χ2v) is 9.66. The van der Waals surface area contributed by atoms with Gasteiger partial charge in [0.15, 0.2) is 5.16 Å². The first kappa shape index (κ1) is 22.8. The third-order valence-electron chi connectivity index (χ3n) is 5.42. The molecule has 1 amide bonds.